The van der Waals surface area contributed by atoms with Crippen LogP contribution in [0.4, 0.5) is 0 Å². The Kier molecular flexibility index (Phi) is 7.70. The minimum absolute atomic E-state index is 1.08. The van der Waals surface area contributed by atoms with E-state index in [0.29, 0.717) is 0 Å². The highest BCUT2D eigenvalue weighted by Gasteiger charge is 1.98. The van der Waals surface area contributed by atoms with Crippen molar-refractivity contribution in [3.8, 4) is 0 Å². The lowest BCUT2D eigenvalue weighted by Gasteiger charge is -2.08. The summed E-state index contributed by atoms with van der Waals surface area (Å²) in [4.78, 5) is 0. The van der Waals surface area contributed by atoms with Gasteiger partial charge in [-0.2, -0.15) is 0 Å². The Labute approximate surface area is 112 Å². The molecule has 0 aliphatic rings. The zero-order chi connectivity index (χ0) is 13.2. The van der Waals surface area contributed by atoms with Crippen LogP contribution in [-0.4, -0.2) is 26.2 Å². The standard InChI is InChI=1S/C16H28N2/c1-4-9-17-10-5-11-18-12-8-16-13-14(2)6-7-15(16)3/h6-7,13,17-18H,4-5,8-12H2,1-3H3. The van der Waals surface area contributed by atoms with Gasteiger partial charge in [0.1, 0.15) is 0 Å². The number of nitrogens with one attached hydrogen (secondary N) is 2. The highest BCUT2D eigenvalue weighted by Crippen LogP contribution is 2.10. The Bertz CT molecular complexity index is 334. The number of benzene rings is 1. The van der Waals surface area contributed by atoms with Gasteiger partial charge < -0.3 is 10.6 Å². The van der Waals surface area contributed by atoms with Gasteiger partial charge in [-0.3, -0.25) is 0 Å². The molecule has 0 amide bonds. The fourth-order valence-electron chi connectivity index (χ4n) is 2.06. The maximum Gasteiger partial charge on any atom is -0.000824 e. The smallest absolute Gasteiger partial charge is 0.000824 e. The molecular formula is C16H28N2. The van der Waals surface area contributed by atoms with Crippen molar-refractivity contribution in [2.75, 3.05) is 26.2 Å². The third-order valence-corrected chi connectivity index (χ3v) is 3.21. The maximum absolute atomic E-state index is 3.52. The Balaban J connectivity index is 2.09. The molecule has 0 fully saturated rings. The zero-order valence-corrected chi connectivity index (χ0v) is 12.2. The Morgan fingerprint density at radius 3 is 2.39 bits per heavy atom. The molecule has 1 rings (SSSR count). The van der Waals surface area contributed by atoms with Crippen molar-refractivity contribution in [3.05, 3.63) is 34.9 Å². The summed E-state index contributed by atoms with van der Waals surface area (Å²) in [5, 5.41) is 6.94. The van der Waals surface area contributed by atoms with Gasteiger partial charge in [0.15, 0.2) is 0 Å². The largest absolute Gasteiger partial charge is 0.317 e. The van der Waals surface area contributed by atoms with Crippen LogP contribution < -0.4 is 10.6 Å². The lowest BCUT2D eigenvalue weighted by Crippen LogP contribution is -2.24. The third kappa shape index (κ3) is 6.18. The van der Waals surface area contributed by atoms with Crippen molar-refractivity contribution in [3.63, 3.8) is 0 Å². The lowest BCUT2D eigenvalue weighted by atomic mass is 10.0. The topological polar surface area (TPSA) is 24.1 Å². The molecule has 0 heterocycles. The van der Waals surface area contributed by atoms with Gasteiger partial charge in [0.2, 0.25) is 0 Å². The molecule has 2 N–H and O–H groups in total. The van der Waals surface area contributed by atoms with E-state index in [1.807, 2.05) is 0 Å². The third-order valence-electron chi connectivity index (χ3n) is 3.21. The normalized spacial score (nSPS) is 10.8. The second-order valence-corrected chi connectivity index (χ2v) is 5.03. The molecule has 0 unspecified atom stereocenters. The van der Waals surface area contributed by atoms with E-state index in [2.05, 4.69) is 49.6 Å². The predicted octanol–water partition coefficient (Wildman–Crippen LogP) is 2.83. The molecule has 1 aromatic carbocycles. The molecule has 0 aliphatic heterocycles. The van der Waals surface area contributed by atoms with E-state index in [-0.39, 0.29) is 0 Å². The fraction of sp³-hybridized carbons (Fsp3) is 0.625. The number of rotatable bonds is 9. The van der Waals surface area contributed by atoms with Gasteiger partial charge in [-0.25, -0.2) is 0 Å². The molecule has 2 nitrogen and oxygen atoms in total. The SMILES string of the molecule is CCCNCCCNCCc1cc(C)ccc1C. The summed E-state index contributed by atoms with van der Waals surface area (Å²) in [6.45, 7) is 11.0. The number of hydrogen-bond donors (Lipinski definition) is 2. The number of aryl methyl sites for hydroxylation is 2. The Hall–Kier alpha value is -0.860. The van der Waals surface area contributed by atoms with Crippen LogP contribution in [-0.2, 0) is 6.42 Å². The van der Waals surface area contributed by atoms with E-state index >= 15 is 0 Å². The highest BCUT2D eigenvalue weighted by atomic mass is 14.9. The minimum atomic E-state index is 1.08. The first-order valence-electron chi connectivity index (χ1n) is 7.21. The maximum atomic E-state index is 3.52. The van der Waals surface area contributed by atoms with Crippen LogP contribution in [0.3, 0.4) is 0 Å². The average Bonchev–Trinajstić information content (AvgIpc) is 2.36. The Morgan fingerprint density at radius 1 is 0.944 bits per heavy atom. The van der Waals surface area contributed by atoms with Crippen molar-refractivity contribution in [1.29, 1.82) is 0 Å². The van der Waals surface area contributed by atoms with Crippen LogP contribution in [0.5, 0.6) is 0 Å². The van der Waals surface area contributed by atoms with Crippen LogP contribution in [0.15, 0.2) is 18.2 Å². The molecule has 2 heteroatoms. The molecule has 102 valence electrons. The summed E-state index contributed by atoms with van der Waals surface area (Å²) in [6.07, 6.45) is 3.57. The first-order chi connectivity index (χ1) is 8.74. The molecule has 0 aromatic heterocycles. The van der Waals surface area contributed by atoms with Crippen molar-refractivity contribution >= 4 is 0 Å². The summed E-state index contributed by atoms with van der Waals surface area (Å²) >= 11 is 0. The van der Waals surface area contributed by atoms with Gasteiger partial charge in [0.05, 0.1) is 0 Å². The minimum Gasteiger partial charge on any atom is -0.317 e. The summed E-state index contributed by atoms with van der Waals surface area (Å²) in [6, 6.07) is 6.71. The molecule has 0 aliphatic carbocycles. The molecular weight excluding hydrogens is 220 g/mol. The van der Waals surface area contributed by atoms with Crippen LogP contribution >= 0.6 is 0 Å². The van der Waals surface area contributed by atoms with E-state index in [4.69, 9.17) is 0 Å². The molecule has 0 saturated carbocycles. The quantitative estimate of drug-likeness (QED) is 0.657. The summed E-state index contributed by atoms with van der Waals surface area (Å²) in [5.41, 5.74) is 4.25. The van der Waals surface area contributed by atoms with Gasteiger partial charge in [-0.1, -0.05) is 30.7 Å². The van der Waals surface area contributed by atoms with E-state index in [9.17, 15) is 0 Å². The van der Waals surface area contributed by atoms with Gasteiger partial charge in [-0.15, -0.1) is 0 Å². The van der Waals surface area contributed by atoms with E-state index in [0.717, 1.165) is 32.6 Å². The fourth-order valence-corrected chi connectivity index (χ4v) is 2.06. The molecule has 0 bridgehead atoms. The van der Waals surface area contributed by atoms with Crippen molar-refractivity contribution in [2.45, 2.75) is 40.0 Å². The number of hydrogen-bond acceptors (Lipinski definition) is 2. The van der Waals surface area contributed by atoms with Crippen LogP contribution in [0.1, 0.15) is 36.5 Å². The zero-order valence-electron chi connectivity index (χ0n) is 12.2. The van der Waals surface area contributed by atoms with Crippen LogP contribution in [0, 0.1) is 13.8 Å². The molecule has 0 spiro atoms. The summed E-state index contributed by atoms with van der Waals surface area (Å²) in [5.74, 6) is 0. The average molecular weight is 248 g/mol. The monoisotopic (exact) mass is 248 g/mol. The van der Waals surface area contributed by atoms with E-state index in [1.165, 1.54) is 29.5 Å². The second kappa shape index (κ2) is 9.12. The lowest BCUT2D eigenvalue weighted by molar-refractivity contribution is 0.592. The van der Waals surface area contributed by atoms with Crippen LogP contribution in [0.2, 0.25) is 0 Å². The van der Waals surface area contributed by atoms with Gasteiger partial charge in [-0.05, 0) is 70.4 Å². The molecule has 1 aromatic rings. The van der Waals surface area contributed by atoms with Crippen LogP contribution in [0.25, 0.3) is 0 Å². The first-order valence-corrected chi connectivity index (χ1v) is 7.21. The van der Waals surface area contributed by atoms with Gasteiger partial charge >= 0.3 is 0 Å². The Morgan fingerprint density at radius 2 is 1.67 bits per heavy atom. The van der Waals surface area contributed by atoms with Gasteiger partial charge in [0.25, 0.3) is 0 Å². The highest BCUT2D eigenvalue weighted by molar-refractivity contribution is 5.30. The van der Waals surface area contributed by atoms with Crippen molar-refractivity contribution < 1.29 is 0 Å². The predicted molar refractivity (Wildman–Crippen MR) is 80.3 cm³/mol. The van der Waals surface area contributed by atoms with Crippen molar-refractivity contribution in [2.24, 2.45) is 0 Å². The molecule has 0 atom stereocenters. The molecule has 0 saturated heterocycles. The second-order valence-electron chi connectivity index (χ2n) is 5.03. The van der Waals surface area contributed by atoms with E-state index in [1.54, 1.807) is 0 Å². The molecule has 0 radical (unpaired) electrons. The molecule has 18 heavy (non-hydrogen) atoms. The first kappa shape index (κ1) is 15.2. The van der Waals surface area contributed by atoms with E-state index < -0.39 is 0 Å². The summed E-state index contributed by atoms with van der Waals surface area (Å²) in [7, 11) is 0. The van der Waals surface area contributed by atoms with Gasteiger partial charge in [0, 0.05) is 0 Å². The summed E-state index contributed by atoms with van der Waals surface area (Å²) < 4.78 is 0. The van der Waals surface area contributed by atoms with Crippen molar-refractivity contribution in [1.82, 2.24) is 10.6 Å².